The van der Waals surface area contributed by atoms with Gasteiger partial charge in [-0.25, -0.2) is 9.59 Å². The Balaban J connectivity index is 4.72. The molecule has 1 unspecified atom stereocenters. The fourth-order valence-corrected chi connectivity index (χ4v) is 1.55. The Morgan fingerprint density at radius 3 is 2.00 bits per heavy atom. The molecule has 3 N–H and O–H groups in total. The predicted octanol–water partition coefficient (Wildman–Crippen LogP) is 0.819. The molecule has 0 aromatic rings. The standard InChI is InChI=1S/C14H25N3O4/c1-8(2)11(7-17(5)6)15-14(21)16-12(18)9(3)10(4)13(19)20/h8,11H,7H2,1-6H3,(H,19,20)(H2,15,16,18,21). The molecule has 0 spiro atoms. The van der Waals surface area contributed by atoms with E-state index in [4.69, 9.17) is 5.11 Å². The molecule has 0 aromatic carbocycles. The summed E-state index contributed by atoms with van der Waals surface area (Å²) < 4.78 is 0. The van der Waals surface area contributed by atoms with Gasteiger partial charge in [-0.15, -0.1) is 0 Å². The summed E-state index contributed by atoms with van der Waals surface area (Å²) in [5.41, 5.74) is -0.0830. The lowest BCUT2D eigenvalue weighted by atomic mass is 10.0. The average Bonchev–Trinajstić information content (AvgIpc) is 2.34. The molecule has 0 aliphatic carbocycles. The molecule has 3 amide bonds. The number of hydrogen-bond donors (Lipinski definition) is 3. The maximum absolute atomic E-state index is 11.8. The fourth-order valence-electron chi connectivity index (χ4n) is 1.55. The van der Waals surface area contributed by atoms with E-state index in [0.29, 0.717) is 6.54 Å². The third-order valence-corrected chi connectivity index (χ3v) is 3.13. The Labute approximate surface area is 125 Å². The largest absolute Gasteiger partial charge is 0.478 e. The highest BCUT2D eigenvalue weighted by Gasteiger charge is 2.20. The number of nitrogens with one attached hydrogen (secondary N) is 2. The van der Waals surface area contributed by atoms with E-state index >= 15 is 0 Å². The van der Waals surface area contributed by atoms with Gasteiger partial charge >= 0.3 is 12.0 Å². The van der Waals surface area contributed by atoms with Crippen molar-refractivity contribution in [3.8, 4) is 0 Å². The normalized spacial score (nSPS) is 13.7. The number of carboxylic acids is 1. The zero-order valence-electron chi connectivity index (χ0n) is 13.5. The molecule has 1 atom stereocenters. The average molecular weight is 299 g/mol. The number of likely N-dealkylation sites (N-methyl/N-ethyl adjacent to an activating group) is 1. The first-order valence-electron chi connectivity index (χ1n) is 6.73. The van der Waals surface area contributed by atoms with Crippen molar-refractivity contribution in [2.45, 2.75) is 33.7 Å². The summed E-state index contributed by atoms with van der Waals surface area (Å²) in [5.74, 6) is -1.69. The number of carbonyl (C=O) groups excluding carboxylic acids is 2. The molecule has 0 saturated heterocycles. The van der Waals surface area contributed by atoms with Crippen LogP contribution in [0.15, 0.2) is 11.1 Å². The molecule has 0 radical (unpaired) electrons. The molecule has 0 bridgehead atoms. The molecular weight excluding hydrogens is 274 g/mol. The Bertz CT molecular complexity index is 442. The Morgan fingerprint density at radius 2 is 1.62 bits per heavy atom. The molecule has 0 aliphatic rings. The first-order valence-corrected chi connectivity index (χ1v) is 6.73. The number of urea groups is 1. The smallest absolute Gasteiger partial charge is 0.331 e. The van der Waals surface area contributed by atoms with Gasteiger partial charge in [-0.1, -0.05) is 13.8 Å². The maximum Gasteiger partial charge on any atom is 0.331 e. The number of aliphatic carboxylic acids is 1. The van der Waals surface area contributed by atoms with Gasteiger partial charge in [-0.3, -0.25) is 10.1 Å². The minimum Gasteiger partial charge on any atom is -0.478 e. The van der Waals surface area contributed by atoms with Crippen molar-refractivity contribution in [2.24, 2.45) is 5.92 Å². The SMILES string of the molecule is CC(C(=O)O)=C(C)C(=O)NC(=O)NC(CN(C)C)C(C)C. The van der Waals surface area contributed by atoms with Gasteiger partial charge in [0, 0.05) is 23.7 Å². The third kappa shape index (κ3) is 6.89. The van der Waals surface area contributed by atoms with Crippen LogP contribution in [0.25, 0.3) is 0 Å². The highest BCUT2D eigenvalue weighted by Crippen LogP contribution is 2.05. The second-order valence-corrected chi connectivity index (χ2v) is 5.60. The molecule has 0 heterocycles. The molecule has 0 saturated carbocycles. The van der Waals surface area contributed by atoms with Crippen LogP contribution in [0.2, 0.25) is 0 Å². The van der Waals surface area contributed by atoms with Crippen molar-refractivity contribution in [1.82, 2.24) is 15.5 Å². The summed E-state index contributed by atoms with van der Waals surface area (Å²) in [7, 11) is 3.78. The molecule has 7 nitrogen and oxygen atoms in total. The second kappa shape index (κ2) is 8.41. The lowest BCUT2D eigenvalue weighted by Gasteiger charge is -2.25. The monoisotopic (exact) mass is 299 g/mol. The number of carboxylic acid groups (broad SMARTS) is 1. The highest BCUT2D eigenvalue weighted by molar-refractivity contribution is 6.07. The summed E-state index contributed by atoms with van der Waals surface area (Å²) in [6, 6.07) is -0.740. The number of nitrogens with zero attached hydrogens (tertiary/aromatic N) is 1. The number of imide groups is 1. The lowest BCUT2D eigenvalue weighted by Crippen LogP contribution is -2.50. The molecule has 7 heteroatoms. The minimum absolute atomic E-state index is 0.00589. The number of carbonyl (C=O) groups is 3. The quantitative estimate of drug-likeness (QED) is 0.631. The summed E-state index contributed by atoms with van der Waals surface area (Å²) in [6.07, 6.45) is 0. The van der Waals surface area contributed by atoms with Crippen LogP contribution in [0.5, 0.6) is 0 Å². The molecule has 0 aromatic heterocycles. The zero-order chi connectivity index (χ0) is 16.7. The molecule has 0 rings (SSSR count). The summed E-state index contributed by atoms with van der Waals surface area (Å²) >= 11 is 0. The molecular formula is C14H25N3O4. The van der Waals surface area contributed by atoms with Gasteiger partial charge in [-0.2, -0.15) is 0 Å². The van der Waals surface area contributed by atoms with Crippen molar-refractivity contribution in [3.05, 3.63) is 11.1 Å². The van der Waals surface area contributed by atoms with Gasteiger partial charge in [0.15, 0.2) is 0 Å². The van der Waals surface area contributed by atoms with E-state index in [0.717, 1.165) is 0 Å². The van der Waals surface area contributed by atoms with Gasteiger partial charge < -0.3 is 15.3 Å². The zero-order valence-corrected chi connectivity index (χ0v) is 13.5. The number of amides is 3. The van der Waals surface area contributed by atoms with Crippen LogP contribution >= 0.6 is 0 Å². The van der Waals surface area contributed by atoms with E-state index in [1.165, 1.54) is 13.8 Å². The second-order valence-electron chi connectivity index (χ2n) is 5.60. The lowest BCUT2D eigenvalue weighted by molar-refractivity contribution is -0.133. The summed E-state index contributed by atoms with van der Waals surface area (Å²) in [5, 5.41) is 13.7. The van der Waals surface area contributed by atoms with E-state index in [1.807, 2.05) is 32.8 Å². The molecule has 0 fully saturated rings. The van der Waals surface area contributed by atoms with Crippen molar-refractivity contribution < 1.29 is 19.5 Å². The van der Waals surface area contributed by atoms with Crippen molar-refractivity contribution in [2.75, 3.05) is 20.6 Å². The van der Waals surface area contributed by atoms with Gasteiger partial charge in [0.25, 0.3) is 5.91 Å². The van der Waals surface area contributed by atoms with Crippen LogP contribution in [0, 0.1) is 5.92 Å². The number of hydrogen-bond acceptors (Lipinski definition) is 4. The van der Waals surface area contributed by atoms with Crippen LogP contribution in [0.4, 0.5) is 4.79 Å². The van der Waals surface area contributed by atoms with Crippen LogP contribution in [0.1, 0.15) is 27.7 Å². The van der Waals surface area contributed by atoms with E-state index < -0.39 is 17.9 Å². The van der Waals surface area contributed by atoms with E-state index in [-0.39, 0.29) is 23.1 Å². The molecule has 0 aliphatic heterocycles. The van der Waals surface area contributed by atoms with Crippen LogP contribution in [-0.4, -0.2) is 54.6 Å². The Morgan fingerprint density at radius 1 is 1.10 bits per heavy atom. The maximum atomic E-state index is 11.8. The fraction of sp³-hybridized carbons (Fsp3) is 0.643. The van der Waals surface area contributed by atoms with E-state index in [1.54, 1.807) is 0 Å². The minimum atomic E-state index is -1.18. The van der Waals surface area contributed by atoms with Crippen molar-refractivity contribution in [3.63, 3.8) is 0 Å². The van der Waals surface area contributed by atoms with Gasteiger partial charge in [0.2, 0.25) is 0 Å². The predicted molar refractivity (Wildman–Crippen MR) is 79.9 cm³/mol. The van der Waals surface area contributed by atoms with Gasteiger partial charge in [0.1, 0.15) is 0 Å². The van der Waals surface area contributed by atoms with E-state index in [9.17, 15) is 14.4 Å². The summed E-state index contributed by atoms with van der Waals surface area (Å²) in [4.78, 5) is 36.3. The first-order chi connectivity index (χ1) is 9.56. The highest BCUT2D eigenvalue weighted by atomic mass is 16.4. The van der Waals surface area contributed by atoms with Gasteiger partial charge in [0.05, 0.1) is 0 Å². The Kier molecular flexibility index (Phi) is 7.65. The van der Waals surface area contributed by atoms with Crippen LogP contribution in [-0.2, 0) is 9.59 Å². The molecule has 120 valence electrons. The van der Waals surface area contributed by atoms with Crippen LogP contribution in [0.3, 0.4) is 0 Å². The molecule has 21 heavy (non-hydrogen) atoms. The third-order valence-electron chi connectivity index (χ3n) is 3.13. The van der Waals surface area contributed by atoms with Crippen molar-refractivity contribution in [1.29, 1.82) is 0 Å². The number of rotatable bonds is 6. The Hall–Kier alpha value is -1.89. The van der Waals surface area contributed by atoms with Gasteiger partial charge in [-0.05, 0) is 33.9 Å². The summed E-state index contributed by atoms with van der Waals surface area (Å²) in [6.45, 7) is 7.26. The van der Waals surface area contributed by atoms with Crippen LogP contribution < -0.4 is 10.6 Å². The first kappa shape index (κ1) is 19.1. The topological polar surface area (TPSA) is 98.7 Å². The van der Waals surface area contributed by atoms with Crippen molar-refractivity contribution >= 4 is 17.9 Å². The van der Waals surface area contributed by atoms with E-state index in [2.05, 4.69) is 10.6 Å².